The van der Waals surface area contributed by atoms with Gasteiger partial charge in [-0.3, -0.25) is 10.1 Å². The van der Waals surface area contributed by atoms with Crippen molar-refractivity contribution in [3.63, 3.8) is 0 Å². The fraction of sp³-hybridized carbons (Fsp3) is 0.727. The summed E-state index contributed by atoms with van der Waals surface area (Å²) in [5.41, 5.74) is 5.90. The Balaban J connectivity index is 1.87. The SMILES string of the molecule is CCc1nn(C)cc1CNN1CCOCC1. The van der Waals surface area contributed by atoms with Gasteiger partial charge in [0.05, 0.1) is 18.9 Å². The van der Waals surface area contributed by atoms with Crippen molar-refractivity contribution in [1.29, 1.82) is 0 Å². The molecule has 0 unspecified atom stereocenters. The summed E-state index contributed by atoms with van der Waals surface area (Å²) in [6.45, 7) is 6.56. The summed E-state index contributed by atoms with van der Waals surface area (Å²) >= 11 is 0. The van der Waals surface area contributed by atoms with Gasteiger partial charge in [0.15, 0.2) is 0 Å². The molecule has 1 aromatic heterocycles. The van der Waals surface area contributed by atoms with E-state index in [1.165, 1.54) is 11.3 Å². The number of nitrogens with one attached hydrogen (secondary N) is 1. The topological polar surface area (TPSA) is 42.3 Å². The highest BCUT2D eigenvalue weighted by molar-refractivity contribution is 5.16. The quantitative estimate of drug-likeness (QED) is 0.800. The minimum atomic E-state index is 0.820. The predicted molar refractivity (Wildman–Crippen MR) is 61.8 cm³/mol. The lowest BCUT2D eigenvalue weighted by molar-refractivity contribution is 0.0105. The number of hydrazine groups is 1. The summed E-state index contributed by atoms with van der Waals surface area (Å²) in [4.78, 5) is 0. The smallest absolute Gasteiger partial charge is 0.0667 e. The van der Waals surface area contributed by atoms with Crippen molar-refractivity contribution in [3.05, 3.63) is 17.5 Å². The average Bonchev–Trinajstić information content (AvgIpc) is 2.68. The van der Waals surface area contributed by atoms with Crippen LogP contribution in [0.2, 0.25) is 0 Å². The van der Waals surface area contributed by atoms with Gasteiger partial charge in [0.2, 0.25) is 0 Å². The van der Waals surface area contributed by atoms with Crippen molar-refractivity contribution >= 4 is 0 Å². The van der Waals surface area contributed by atoms with E-state index in [0.29, 0.717) is 0 Å². The minimum absolute atomic E-state index is 0.820. The van der Waals surface area contributed by atoms with Gasteiger partial charge in [0, 0.05) is 38.4 Å². The summed E-state index contributed by atoms with van der Waals surface area (Å²) in [6, 6.07) is 0. The number of morpholine rings is 1. The lowest BCUT2D eigenvalue weighted by Gasteiger charge is -2.27. The number of ether oxygens (including phenoxy) is 1. The third kappa shape index (κ3) is 2.81. The molecule has 2 rings (SSSR count). The van der Waals surface area contributed by atoms with E-state index in [1.807, 2.05) is 11.7 Å². The van der Waals surface area contributed by atoms with Crippen LogP contribution >= 0.6 is 0 Å². The molecule has 5 nitrogen and oxygen atoms in total. The summed E-state index contributed by atoms with van der Waals surface area (Å²) in [5.74, 6) is 0. The molecule has 1 N–H and O–H groups in total. The van der Waals surface area contributed by atoms with Gasteiger partial charge in [-0.1, -0.05) is 6.92 Å². The Labute approximate surface area is 96.3 Å². The van der Waals surface area contributed by atoms with E-state index >= 15 is 0 Å². The number of aromatic nitrogens is 2. The van der Waals surface area contributed by atoms with Crippen LogP contribution in [-0.4, -0.2) is 41.1 Å². The number of hydrogen-bond donors (Lipinski definition) is 1. The highest BCUT2D eigenvalue weighted by atomic mass is 16.5. The van der Waals surface area contributed by atoms with Crippen molar-refractivity contribution in [2.75, 3.05) is 26.3 Å². The van der Waals surface area contributed by atoms with Crippen LogP contribution in [0, 0.1) is 0 Å². The van der Waals surface area contributed by atoms with Crippen molar-refractivity contribution in [1.82, 2.24) is 20.2 Å². The maximum absolute atomic E-state index is 5.30. The van der Waals surface area contributed by atoms with Gasteiger partial charge < -0.3 is 4.74 Å². The number of hydrogen-bond acceptors (Lipinski definition) is 4. The van der Waals surface area contributed by atoms with Crippen LogP contribution in [-0.2, 0) is 24.8 Å². The van der Waals surface area contributed by atoms with Crippen LogP contribution in [0.5, 0.6) is 0 Å². The molecule has 0 saturated carbocycles. The first-order valence-corrected chi connectivity index (χ1v) is 5.87. The van der Waals surface area contributed by atoms with Crippen LogP contribution in [0.3, 0.4) is 0 Å². The highest BCUT2D eigenvalue weighted by Crippen LogP contribution is 2.07. The van der Waals surface area contributed by atoms with E-state index in [4.69, 9.17) is 4.74 Å². The van der Waals surface area contributed by atoms with Gasteiger partial charge in [-0.05, 0) is 6.42 Å². The second-order valence-corrected chi connectivity index (χ2v) is 4.06. The van der Waals surface area contributed by atoms with E-state index in [1.54, 1.807) is 0 Å². The van der Waals surface area contributed by atoms with Crippen LogP contribution in [0.25, 0.3) is 0 Å². The molecule has 16 heavy (non-hydrogen) atoms. The molecule has 1 aliphatic heterocycles. The molecule has 0 atom stereocenters. The molecule has 1 aromatic rings. The summed E-state index contributed by atoms with van der Waals surface area (Å²) in [6.07, 6.45) is 3.08. The molecule has 2 heterocycles. The molecule has 1 saturated heterocycles. The zero-order chi connectivity index (χ0) is 11.4. The van der Waals surface area contributed by atoms with Crippen molar-refractivity contribution < 1.29 is 4.74 Å². The second kappa shape index (κ2) is 5.43. The predicted octanol–water partition coefficient (Wildman–Crippen LogP) is 0.319. The van der Waals surface area contributed by atoms with E-state index in [9.17, 15) is 0 Å². The molecule has 0 aliphatic carbocycles. The first kappa shape index (κ1) is 11.6. The van der Waals surface area contributed by atoms with Crippen LogP contribution in [0.1, 0.15) is 18.2 Å². The molecule has 0 amide bonds. The molecule has 5 heteroatoms. The normalized spacial score (nSPS) is 17.9. The molecule has 0 aromatic carbocycles. The Kier molecular flexibility index (Phi) is 3.93. The van der Waals surface area contributed by atoms with Gasteiger partial charge in [-0.15, -0.1) is 0 Å². The molecule has 1 fully saturated rings. The Morgan fingerprint density at radius 1 is 1.44 bits per heavy atom. The van der Waals surface area contributed by atoms with Crippen LogP contribution < -0.4 is 5.43 Å². The van der Waals surface area contributed by atoms with Crippen LogP contribution in [0.15, 0.2) is 6.20 Å². The van der Waals surface area contributed by atoms with Gasteiger partial charge in [0.25, 0.3) is 0 Å². The summed E-state index contributed by atoms with van der Waals surface area (Å²) in [7, 11) is 1.97. The zero-order valence-electron chi connectivity index (χ0n) is 10.1. The number of nitrogens with zero attached hydrogens (tertiary/aromatic N) is 3. The average molecular weight is 224 g/mol. The van der Waals surface area contributed by atoms with Gasteiger partial charge in [-0.25, -0.2) is 5.01 Å². The highest BCUT2D eigenvalue weighted by Gasteiger charge is 2.11. The fourth-order valence-corrected chi connectivity index (χ4v) is 1.95. The molecule has 90 valence electrons. The van der Waals surface area contributed by atoms with Crippen molar-refractivity contribution in [2.24, 2.45) is 7.05 Å². The zero-order valence-corrected chi connectivity index (χ0v) is 10.1. The van der Waals surface area contributed by atoms with Crippen molar-refractivity contribution in [2.45, 2.75) is 19.9 Å². The molecule has 0 radical (unpaired) electrons. The first-order valence-electron chi connectivity index (χ1n) is 5.87. The summed E-state index contributed by atoms with van der Waals surface area (Å²) in [5, 5.41) is 6.64. The van der Waals surface area contributed by atoms with Crippen molar-refractivity contribution in [3.8, 4) is 0 Å². The summed E-state index contributed by atoms with van der Waals surface area (Å²) < 4.78 is 7.19. The first-order chi connectivity index (χ1) is 7.79. The maximum atomic E-state index is 5.30. The van der Waals surface area contributed by atoms with Crippen LogP contribution in [0.4, 0.5) is 0 Å². The Hall–Kier alpha value is -0.910. The van der Waals surface area contributed by atoms with E-state index < -0.39 is 0 Å². The minimum Gasteiger partial charge on any atom is -0.379 e. The van der Waals surface area contributed by atoms with Gasteiger partial charge >= 0.3 is 0 Å². The Bertz CT molecular complexity index is 331. The van der Waals surface area contributed by atoms with E-state index in [2.05, 4.69) is 28.7 Å². The largest absolute Gasteiger partial charge is 0.379 e. The number of aryl methyl sites for hydroxylation is 2. The maximum Gasteiger partial charge on any atom is 0.0667 e. The molecular weight excluding hydrogens is 204 g/mol. The molecule has 1 aliphatic rings. The van der Waals surface area contributed by atoms with Gasteiger partial charge in [-0.2, -0.15) is 5.10 Å². The third-order valence-electron chi connectivity index (χ3n) is 2.83. The lowest BCUT2D eigenvalue weighted by atomic mass is 10.2. The second-order valence-electron chi connectivity index (χ2n) is 4.06. The monoisotopic (exact) mass is 224 g/mol. The van der Waals surface area contributed by atoms with E-state index in [-0.39, 0.29) is 0 Å². The Morgan fingerprint density at radius 3 is 2.88 bits per heavy atom. The van der Waals surface area contributed by atoms with Gasteiger partial charge in [0.1, 0.15) is 0 Å². The van der Waals surface area contributed by atoms with E-state index in [0.717, 1.165) is 39.3 Å². The fourth-order valence-electron chi connectivity index (χ4n) is 1.95. The Morgan fingerprint density at radius 2 is 2.19 bits per heavy atom. The number of rotatable bonds is 4. The molecule has 0 spiro atoms. The molecule has 0 bridgehead atoms. The lowest BCUT2D eigenvalue weighted by Crippen LogP contribution is -2.45. The third-order valence-corrected chi connectivity index (χ3v) is 2.83. The molecular formula is C11H20N4O. The standard InChI is InChI=1S/C11H20N4O/c1-3-11-10(9-14(2)13-11)8-12-15-4-6-16-7-5-15/h9,12H,3-8H2,1-2H3.